The molecule has 0 radical (unpaired) electrons. The lowest BCUT2D eigenvalue weighted by Gasteiger charge is -2.20. The first kappa shape index (κ1) is 12.2. The minimum atomic E-state index is -0.409. The Kier molecular flexibility index (Phi) is 4.30. The fourth-order valence-corrected chi connectivity index (χ4v) is 1.38. The van der Waals surface area contributed by atoms with Crippen molar-refractivity contribution in [3.05, 3.63) is 35.9 Å². The van der Waals surface area contributed by atoms with Gasteiger partial charge in [0.1, 0.15) is 0 Å². The quantitative estimate of drug-likeness (QED) is 0.794. The van der Waals surface area contributed by atoms with E-state index in [0.717, 1.165) is 12.1 Å². The van der Waals surface area contributed by atoms with Crippen LogP contribution < -0.4 is 5.32 Å². The van der Waals surface area contributed by atoms with Gasteiger partial charge in [-0.15, -0.1) is 0 Å². The lowest BCUT2D eigenvalue weighted by molar-refractivity contribution is 0.170. The van der Waals surface area contributed by atoms with Gasteiger partial charge in [0, 0.05) is 13.1 Å². The standard InChI is InChI=1S/C13H21NO/c1-13(2,3)10-14-9-12(15)11-7-5-4-6-8-11/h4-8,12,14-15H,9-10H2,1-3H3. The molecule has 2 nitrogen and oxygen atoms in total. The van der Waals surface area contributed by atoms with Gasteiger partial charge in [0.15, 0.2) is 0 Å². The van der Waals surface area contributed by atoms with Gasteiger partial charge in [0.2, 0.25) is 0 Å². The van der Waals surface area contributed by atoms with Gasteiger partial charge in [0.25, 0.3) is 0 Å². The van der Waals surface area contributed by atoms with E-state index in [1.165, 1.54) is 0 Å². The molecule has 0 aromatic heterocycles. The number of aliphatic hydroxyl groups is 1. The molecule has 0 heterocycles. The van der Waals surface area contributed by atoms with Crippen LogP contribution in [0.3, 0.4) is 0 Å². The van der Waals surface area contributed by atoms with Crippen molar-refractivity contribution in [1.82, 2.24) is 5.32 Å². The van der Waals surface area contributed by atoms with E-state index < -0.39 is 6.10 Å². The van der Waals surface area contributed by atoms with Crippen LogP contribution in [0.15, 0.2) is 30.3 Å². The summed E-state index contributed by atoms with van der Waals surface area (Å²) in [5, 5.41) is 13.1. The first-order valence-electron chi connectivity index (χ1n) is 5.43. The number of hydrogen-bond donors (Lipinski definition) is 2. The second-order valence-corrected chi connectivity index (χ2v) is 5.12. The molecule has 84 valence electrons. The zero-order chi connectivity index (χ0) is 11.3. The van der Waals surface area contributed by atoms with Crippen molar-refractivity contribution in [3.8, 4) is 0 Å². The van der Waals surface area contributed by atoms with Crippen LogP contribution in [0.2, 0.25) is 0 Å². The number of benzene rings is 1. The summed E-state index contributed by atoms with van der Waals surface area (Å²) in [4.78, 5) is 0. The van der Waals surface area contributed by atoms with Gasteiger partial charge in [-0.2, -0.15) is 0 Å². The Bertz CT molecular complexity index is 276. The third-order valence-electron chi connectivity index (χ3n) is 2.18. The zero-order valence-corrected chi connectivity index (χ0v) is 9.83. The Hall–Kier alpha value is -0.860. The van der Waals surface area contributed by atoms with Gasteiger partial charge in [-0.25, -0.2) is 0 Å². The van der Waals surface area contributed by atoms with Gasteiger partial charge in [-0.3, -0.25) is 0 Å². The van der Waals surface area contributed by atoms with Gasteiger partial charge in [-0.1, -0.05) is 51.1 Å². The summed E-state index contributed by atoms with van der Waals surface area (Å²) >= 11 is 0. The normalized spacial score (nSPS) is 13.9. The van der Waals surface area contributed by atoms with E-state index in [-0.39, 0.29) is 5.41 Å². The average molecular weight is 207 g/mol. The first-order valence-corrected chi connectivity index (χ1v) is 5.43. The molecule has 1 aromatic carbocycles. The predicted octanol–water partition coefficient (Wildman–Crippen LogP) is 2.36. The van der Waals surface area contributed by atoms with Crippen molar-refractivity contribution in [2.24, 2.45) is 5.41 Å². The summed E-state index contributed by atoms with van der Waals surface area (Å²) in [5.74, 6) is 0. The molecule has 0 aliphatic rings. The molecule has 2 heteroatoms. The molecule has 0 aliphatic carbocycles. The molecule has 2 N–H and O–H groups in total. The topological polar surface area (TPSA) is 32.3 Å². The lowest BCUT2D eigenvalue weighted by atomic mass is 9.97. The van der Waals surface area contributed by atoms with E-state index in [9.17, 15) is 5.11 Å². The zero-order valence-electron chi connectivity index (χ0n) is 9.83. The molecule has 0 spiro atoms. The van der Waals surface area contributed by atoms with Crippen LogP contribution in [0, 0.1) is 5.41 Å². The third-order valence-corrected chi connectivity index (χ3v) is 2.18. The van der Waals surface area contributed by atoms with Gasteiger partial charge < -0.3 is 10.4 Å². The molecule has 1 unspecified atom stereocenters. The second-order valence-electron chi connectivity index (χ2n) is 5.12. The van der Waals surface area contributed by atoms with Crippen molar-refractivity contribution in [3.63, 3.8) is 0 Å². The maximum Gasteiger partial charge on any atom is 0.0914 e. The lowest BCUT2D eigenvalue weighted by Crippen LogP contribution is -2.30. The molecular weight excluding hydrogens is 186 g/mol. The van der Waals surface area contributed by atoms with E-state index in [4.69, 9.17) is 0 Å². The number of nitrogens with one attached hydrogen (secondary N) is 1. The van der Waals surface area contributed by atoms with Crippen molar-refractivity contribution < 1.29 is 5.11 Å². The van der Waals surface area contributed by atoms with Gasteiger partial charge in [-0.05, 0) is 11.0 Å². The Labute approximate surface area is 92.3 Å². The maximum atomic E-state index is 9.85. The monoisotopic (exact) mass is 207 g/mol. The SMILES string of the molecule is CC(C)(C)CNCC(O)c1ccccc1. The van der Waals surface area contributed by atoms with Crippen LogP contribution in [0.1, 0.15) is 32.4 Å². The molecule has 0 aliphatic heterocycles. The molecule has 15 heavy (non-hydrogen) atoms. The first-order chi connectivity index (χ1) is 6.99. The molecular formula is C13H21NO. The molecule has 1 aromatic rings. The van der Waals surface area contributed by atoms with Gasteiger partial charge in [0.05, 0.1) is 6.10 Å². The minimum absolute atomic E-state index is 0.260. The predicted molar refractivity (Wildman–Crippen MR) is 63.7 cm³/mol. The summed E-state index contributed by atoms with van der Waals surface area (Å²) in [5.41, 5.74) is 1.23. The van der Waals surface area contributed by atoms with Crippen LogP contribution in [0.4, 0.5) is 0 Å². The molecule has 0 saturated heterocycles. The van der Waals surface area contributed by atoms with Crippen molar-refractivity contribution >= 4 is 0 Å². The summed E-state index contributed by atoms with van der Waals surface area (Å²) in [6.07, 6.45) is -0.409. The summed E-state index contributed by atoms with van der Waals surface area (Å²) in [6.45, 7) is 8.05. The largest absolute Gasteiger partial charge is 0.387 e. The fraction of sp³-hybridized carbons (Fsp3) is 0.538. The Balaban J connectivity index is 2.34. The molecule has 1 atom stereocenters. The van der Waals surface area contributed by atoms with Crippen LogP contribution in [0.25, 0.3) is 0 Å². The van der Waals surface area contributed by atoms with Crippen LogP contribution in [0.5, 0.6) is 0 Å². The van der Waals surface area contributed by atoms with Crippen molar-refractivity contribution in [2.45, 2.75) is 26.9 Å². The number of hydrogen-bond acceptors (Lipinski definition) is 2. The van der Waals surface area contributed by atoms with E-state index >= 15 is 0 Å². The summed E-state index contributed by atoms with van der Waals surface area (Å²) in [7, 11) is 0. The maximum absolute atomic E-state index is 9.85. The Morgan fingerprint density at radius 2 is 1.80 bits per heavy atom. The second kappa shape index (κ2) is 5.29. The van der Waals surface area contributed by atoms with E-state index in [0.29, 0.717) is 6.54 Å². The van der Waals surface area contributed by atoms with E-state index in [2.05, 4.69) is 26.1 Å². The molecule has 0 amide bonds. The molecule has 1 rings (SSSR count). The Morgan fingerprint density at radius 1 is 1.20 bits per heavy atom. The smallest absolute Gasteiger partial charge is 0.0914 e. The van der Waals surface area contributed by atoms with Crippen LogP contribution in [-0.2, 0) is 0 Å². The highest BCUT2D eigenvalue weighted by molar-refractivity contribution is 5.17. The molecule has 0 fully saturated rings. The van der Waals surface area contributed by atoms with Crippen molar-refractivity contribution in [2.75, 3.05) is 13.1 Å². The highest BCUT2D eigenvalue weighted by Crippen LogP contribution is 2.13. The van der Waals surface area contributed by atoms with E-state index in [1.807, 2.05) is 30.3 Å². The third kappa shape index (κ3) is 4.96. The van der Waals surface area contributed by atoms with Gasteiger partial charge >= 0.3 is 0 Å². The highest BCUT2D eigenvalue weighted by Gasteiger charge is 2.11. The fourth-order valence-electron chi connectivity index (χ4n) is 1.38. The highest BCUT2D eigenvalue weighted by atomic mass is 16.3. The summed E-state index contributed by atoms with van der Waals surface area (Å²) < 4.78 is 0. The minimum Gasteiger partial charge on any atom is -0.387 e. The van der Waals surface area contributed by atoms with Crippen LogP contribution in [-0.4, -0.2) is 18.2 Å². The van der Waals surface area contributed by atoms with Crippen molar-refractivity contribution in [1.29, 1.82) is 0 Å². The Morgan fingerprint density at radius 3 is 2.33 bits per heavy atom. The number of aliphatic hydroxyl groups excluding tert-OH is 1. The van der Waals surface area contributed by atoms with Crippen LogP contribution >= 0.6 is 0 Å². The molecule has 0 saturated carbocycles. The molecule has 0 bridgehead atoms. The number of rotatable bonds is 4. The summed E-state index contributed by atoms with van der Waals surface area (Å²) in [6, 6.07) is 9.75. The average Bonchev–Trinajstić information content (AvgIpc) is 2.17. The van der Waals surface area contributed by atoms with E-state index in [1.54, 1.807) is 0 Å².